The summed E-state index contributed by atoms with van der Waals surface area (Å²) in [6.45, 7) is 5.25. The Hall–Kier alpha value is -5.79. The number of aryl methyl sites for hydroxylation is 2. The molecule has 7 heterocycles. The van der Waals surface area contributed by atoms with Crippen molar-refractivity contribution in [2.75, 3.05) is 47.4 Å². The Labute approximate surface area is 317 Å². The van der Waals surface area contributed by atoms with Gasteiger partial charge >= 0.3 is 6.03 Å². The summed E-state index contributed by atoms with van der Waals surface area (Å²) in [4.78, 5) is 48.8. The molecule has 2 fully saturated rings. The van der Waals surface area contributed by atoms with Gasteiger partial charge in [0.2, 0.25) is 11.8 Å². The smallest absolute Gasteiger partial charge is 0.328 e. The predicted molar refractivity (Wildman–Crippen MR) is 206 cm³/mol. The van der Waals surface area contributed by atoms with E-state index < -0.39 is 12.5 Å². The van der Waals surface area contributed by atoms with Gasteiger partial charge < -0.3 is 19.3 Å². The zero-order valence-electron chi connectivity index (χ0n) is 31.0. The van der Waals surface area contributed by atoms with Crippen molar-refractivity contribution in [2.45, 2.75) is 64.5 Å². The van der Waals surface area contributed by atoms with Crippen LogP contribution >= 0.6 is 0 Å². The van der Waals surface area contributed by atoms with Crippen molar-refractivity contribution in [2.24, 2.45) is 7.05 Å². The Morgan fingerprint density at radius 2 is 1.69 bits per heavy atom. The number of imide groups is 1. The Balaban J connectivity index is 1.02. The number of anilines is 4. The Bertz CT molecular complexity index is 2330. The first kappa shape index (κ1) is 34.9. The minimum atomic E-state index is -2.69. The lowest BCUT2D eigenvalue weighted by Crippen LogP contribution is -2.49. The summed E-state index contributed by atoms with van der Waals surface area (Å²) in [6, 6.07) is 13.1. The second kappa shape index (κ2) is 13.8. The van der Waals surface area contributed by atoms with Crippen molar-refractivity contribution in [1.29, 1.82) is 0 Å². The molecule has 4 aliphatic rings. The van der Waals surface area contributed by atoms with E-state index >= 15 is 8.78 Å². The molecule has 55 heavy (non-hydrogen) atoms. The summed E-state index contributed by atoms with van der Waals surface area (Å²) in [5.74, 6) is 0.505. The van der Waals surface area contributed by atoms with Crippen LogP contribution in [0.15, 0.2) is 61.1 Å². The van der Waals surface area contributed by atoms with E-state index in [0.29, 0.717) is 38.2 Å². The van der Waals surface area contributed by atoms with E-state index in [1.54, 1.807) is 30.3 Å². The van der Waals surface area contributed by atoms with Gasteiger partial charge in [0.25, 0.3) is 6.43 Å². The molecule has 14 heteroatoms. The number of rotatable bonds is 6. The second-order valence-corrected chi connectivity index (χ2v) is 15.0. The van der Waals surface area contributed by atoms with E-state index in [-0.39, 0.29) is 29.8 Å². The Morgan fingerprint density at radius 3 is 2.44 bits per heavy atom. The van der Waals surface area contributed by atoms with Gasteiger partial charge in [-0.15, -0.1) is 0 Å². The van der Waals surface area contributed by atoms with Crippen molar-refractivity contribution in [3.63, 3.8) is 0 Å². The number of hydrogen-bond donors (Lipinski definition) is 1. The number of fused-ring (bicyclic) bond motifs is 3. The number of hydrogen-bond acceptors (Lipinski definition) is 7. The third-order valence-electron chi connectivity index (χ3n) is 11.8. The van der Waals surface area contributed by atoms with E-state index in [9.17, 15) is 14.4 Å². The van der Waals surface area contributed by atoms with Crippen molar-refractivity contribution in [3.8, 4) is 11.1 Å². The number of piperidine rings is 1. The van der Waals surface area contributed by atoms with E-state index in [1.807, 2.05) is 59.1 Å². The molecule has 9 rings (SSSR count). The van der Waals surface area contributed by atoms with Crippen molar-refractivity contribution >= 4 is 51.6 Å². The highest BCUT2D eigenvalue weighted by Gasteiger charge is 2.35. The van der Waals surface area contributed by atoms with Crippen LogP contribution in [-0.2, 0) is 36.0 Å². The number of carbonyl (C=O) groups is 3. The number of pyridine rings is 1. The summed E-state index contributed by atoms with van der Waals surface area (Å²) in [6.07, 6.45) is 6.95. The maximum Gasteiger partial charge on any atom is 0.328 e. The number of amides is 4. The van der Waals surface area contributed by atoms with E-state index in [4.69, 9.17) is 5.10 Å². The highest BCUT2D eigenvalue weighted by atomic mass is 19.3. The van der Waals surface area contributed by atoms with Gasteiger partial charge in [-0.25, -0.2) is 13.6 Å². The molecule has 284 valence electrons. The standard InChI is InChI=1S/C41H43F2N9O3/c1-25(53)49-18-12-36-34(24-49)40(46-52(36)29-10-16-48(17-11-29)27-5-7-28(8-6-27)50-19-13-38(54)45-41(50)55)51-15-3-4-26-20-30(31(39(42)43)21-37(26)51)33-23-47(2)35-9-14-44-22-32(33)35/h5-9,14,20-23,29,39H,3-4,10-13,15-19,24H2,1-2H3,(H,45,54,55). The zero-order valence-corrected chi connectivity index (χ0v) is 31.0. The third-order valence-corrected chi connectivity index (χ3v) is 11.8. The molecule has 3 aromatic heterocycles. The minimum absolute atomic E-state index is 0.00586. The van der Waals surface area contributed by atoms with Gasteiger partial charge in [-0.3, -0.25) is 29.5 Å². The van der Waals surface area contributed by atoms with E-state index in [1.165, 1.54) is 0 Å². The molecular weight excluding hydrogens is 705 g/mol. The van der Waals surface area contributed by atoms with Crippen LogP contribution in [0.2, 0.25) is 0 Å². The number of carbonyl (C=O) groups excluding carboxylic acids is 3. The average molecular weight is 748 g/mol. The summed E-state index contributed by atoms with van der Waals surface area (Å²) in [5, 5.41) is 8.54. The normalized spacial score (nSPS) is 17.9. The van der Waals surface area contributed by atoms with E-state index in [2.05, 4.69) is 24.8 Å². The van der Waals surface area contributed by atoms with Crippen LogP contribution in [0, 0.1) is 0 Å². The average Bonchev–Trinajstić information content (AvgIpc) is 3.74. The zero-order chi connectivity index (χ0) is 38.0. The lowest BCUT2D eigenvalue weighted by molar-refractivity contribution is -0.129. The lowest BCUT2D eigenvalue weighted by Gasteiger charge is -2.35. The highest BCUT2D eigenvalue weighted by molar-refractivity contribution is 6.05. The molecular formula is C41H43F2N9O3. The predicted octanol–water partition coefficient (Wildman–Crippen LogP) is 6.65. The van der Waals surface area contributed by atoms with Gasteiger partial charge in [0, 0.05) is 123 Å². The van der Waals surface area contributed by atoms with Crippen LogP contribution in [0.25, 0.3) is 22.0 Å². The molecule has 0 aliphatic carbocycles. The monoisotopic (exact) mass is 747 g/mol. The van der Waals surface area contributed by atoms with Crippen LogP contribution in [0.1, 0.15) is 67.5 Å². The van der Waals surface area contributed by atoms with E-state index in [0.717, 1.165) is 94.9 Å². The van der Waals surface area contributed by atoms with Crippen molar-refractivity contribution < 1.29 is 23.2 Å². The summed E-state index contributed by atoms with van der Waals surface area (Å²) in [7, 11) is 1.92. The lowest BCUT2D eigenvalue weighted by atomic mass is 9.91. The largest absolute Gasteiger partial charge is 0.371 e. The number of nitrogens with one attached hydrogen (secondary N) is 1. The quantitative estimate of drug-likeness (QED) is 0.207. The molecule has 0 bridgehead atoms. The fourth-order valence-electron chi connectivity index (χ4n) is 8.97. The van der Waals surface area contributed by atoms with Crippen LogP contribution in [0.3, 0.4) is 0 Å². The van der Waals surface area contributed by atoms with Gasteiger partial charge in [-0.05, 0) is 79.3 Å². The molecule has 0 unspecified atom stereocenters. The molecule has 2 saturated heterocycles. The van der Waals surface area contributed by atoms with Crippen molar-refractivity contribution in [1.82, 2.24) is 29.5 Å². The van der Waals surface area contributed by atoms with Crippen LogP contribution in [-0.4, -0.2) is 74.8 Å². The number of aromatic nitrogens is 4. The molecule has 4 amide bonds. The second-order valence-electron chi connectivity index (χ2n) is 15.0. The Kier molecular flexibility index (Phi) is 8.77. The minimum Gasteiger partial charge on any atom is -0.371 e. The number of benzene rings is 2. The van der Waals surface area contributed by atoms with Crippen LogP contribution < -0.4 is 20.0 Å². The molecule has 4 aliphatic heterocycles. The molecule has 1 N–H and O–H groups in total. The van der Waals surface area contributed by atoms with Crippen molar-refractivity contribution in [3.05, 3.63) is 83.4 Å². The van der Waals surface area contributed by atoms with Gasteiger partial charge in [0.15, 0.2) is 5.82 Å². The molecule has 0 saturated carbocycles. The molecule has 2 aromatic carbocycles. The number of alkyl halides is 2. The first-order valence-electron chi connectivity index (χ1n) is 19.1. The maximum absolute atomic E-state index is 15.0. The molecule has 0 radical (unpaired) electrons. The summed E-state index contributed by atoms with van der Waals surface area (Å²) < 4.78 is 34.2. The highest BCUT2D eigenvalue weighted by Crippen LogP contribution is 2.45. The molecule has 5 aromatic rings. The third kappa shape index (κ3) is 6.17. The van der Waals surface area contributed by atoms with Gasteiger partial charge in [-0.2, -0.15) is 5.10 Å². The maximum atomic E-state index is 15.0. The molecule has 12 nitrogen and oxygen atoms in total. The number of urea groups is 1. The summed E-state index contributed by atoms with van der Waals surface area (Å²) in [5.41, 5.74) is 7.88. The van der Waals surface area contributed by atoms with Crippen LogP contribution in [0.4, 0.5) is 36.5 Å². The summed E-state index contributed by atoms with van der Waals surface area (Å²) >= 11 is 0. The SMILES string of the molecule is CC(=O)N1CCc2c(c(N3CCCc4cc(-c5cn(C)c6ccncc56)c(C(F)F)cc43)nn2C2CCN(c3ccc(N4CCC(=O)NC4=O)cc3)CC2)C1. The number of halogens is 2. The first-order chi connectivity index (χ1) is 26.6. The Morgan fingerprint density at radius 1 is 0.909 bits per heavy atom. The van der Waals surface area contributed by atoms with Gasteiger partial charge in [0.05, 0.1) is 18.1 Å². The molecule has 0 atom stereocenters. The van der Waals surface area contributed by atoms with Crippen LogP contribution in [0.5, 0.6) is 0 Å². The fraction of sp³-hybridized carbons (Fsp3) is 0.390. The van der Waals surface area contributed by atoms with Gasteiger partial charge in [-0.1, -0.05) is 0 Å². The van der Waals surface area contributed by atoms with Gasteiger partial charge in [0.1, 0.15) is 0 Å². The fourth-order valence-corrected chi connectivity index (χ4v) is 8.97. The topological polar surface area (TPSA) is 112 Å². The molecule has 0 spiro atoms. The number of nitrogens with zero attached hydrogens (tertiary/aromatic N) is 8. The first-order valence-corrected chi connectivity index (χ1v) is 19.1.